The molecule has 3 saturated carbocycles. The zero-order chi connectivity index (χ0) is 21.0. The SMILES string of the molecule is CC(C)=CCCC(C)C1CCC2=C3CCC4C(C)C(O)CCC4(C)C3CCC21C. The smallest absolute Gasteiger partial charge is 0.0568 e. The second-order valence-corrected chi connectivity index (χ2v) is 12.1. The fourth-order valence-corrected chi connectivity index (χ4v) is 8.73. The van der Waals surface area contributed by atoms with E-state index < -0.39 is 0 Å². The standard InChI is InChI=1S/C28H46O/c1-18(2)8-7-9-19(3)22-12-13-24-21-10-11-23-20(4)26(29)15-17-28(23,6)25(21)14-16-27(22,24)5/h8,19-20,22-23,25-26,29H,7,9-17H2,1-6H3. The number of allylic oxidation sites excluding steroid dienone is 4. The third-order valence-corrected chi connectivity index (χ3v) is 10.4. The lowest BCUT2D eigenvalue weighted by atomic mass is 9.47. The molecule has 4 rings (SSSR count). The van der Waals surface area contributed by atoms with Gasteiger partial charge in [-0.25, -0.2) is 0 Å². The minimum Gasteiger partial charge on any atom is -0.393 e. The molecule has 0 amide bonds. The normalized spacial score (nSPS) is 45.3. The summed E-state index contributed by atoms with van der Waals surface area (Å²) in [6.07, 6.45) is 15.5. The zero-order valence-corrected chi connectivity index (χ0v) is 20.1. The van der Waals surface area contributed by atoms with E-state index in [1.165, 1.54) is 63.4 Å². The van der Waals surface area contributed by atoms with E-state index in [1.54, 1.807) is 0 Å². The molecule has 0 radical (unpaired) electrons. The Morgan fingerprint density at radius 3 is 2.59 bits per heavy atom. The maximum atomic E-state index is 10.5. The maximum absolute atomic E-state index is 10.5. The molecule has 8 unspecified atom stereocenters. The summed E-state index contributed by atoms with van der Waals surface area (Å²) >= 11 is 0. The summed E-state index contributed by atoms with van der Waals surface area (Å²) in [6, 6.07) is 0. The van der Waals surface area contributed by atoms with Crippen molar-refractivity contribution in [2.75, 3.05) is 0 Å². The quantitative estimate of drug-likeness (QED) is 0.481. The molecule has 0 spiro atoms. The largest absolute Gasteiger partial charge is 0.393 e. The van der Waals surface area contributed by atoms with E-state index >= 15 is 0 Å². The van der Waals surface area contributed by atoms with E-state index in [1.807, 2.05) is 11.1 Å². The highest BCUT2D eigenvalue weighted by Gasteiger charge is 2.56. The molecule has 8 atom stereocenters. The van der Waals surface area contributed by atoms with Crippen molar-refractivity contribution >= 4 is 0 Å². The predicted octanol–water partition coefficient (Wildman–Crippen LogP) is 7.70. The average molecular weight is 399 g/mol. The van der Waals surface area contributed by atoms with Gasteiger partial charge < -0.3 is 5.11 Å². The van der Waals surface area contributed by atoms with Crippen LogP contribution in [0.5, 0.6) is 0 Å². The van der Waals surface area contributed by atoms with Gasteiger partial charge >= 0.3 is 0 Å². The van der Waals surface area contributed by atoms with Crippen LogP contribution in [0.4, 0.5) is 0 Å². The number of hydrogen-bond acceptors (Lipinski definition) is 1. The summed E-state index contributed by atoms with van der Waals surface area (Å²) in [6.45, 7) is 14.6. The molecule has 1 nitrogen and oxygen atoms in total. The van der Waals surface area contributed by atoms with Crippen LogP contribution >= 0.6 is 0 Å². The Kier molecular flexibility index (Phi) is 5.86. The first-order valence-electron chi connectivity index (χ1n) is 12.7. The van der Waals surface area contributed by atoms with Crippen molar-refractivity contribution in [3.63, 3.8) is 0 Å². The molecule has 0 heterocycles. The first-order chi connectivity index (χ1) is 13.7. The van der Waals surface area contributed by atoms with E-state index in [9.17, 15) is 5.11 Å². The van der Waals surface area contributed by atoms with Crippen LogP contribution < -0.4 is 0 Å². The van der Waals surface area contributed by atoms with Crippen LogP contribution in [0.3, 0.4) is 0 Å². The third-order valence-electron chi connectivity index (χ3n) is 10.4. The minimum absolute atomic E-state index is 0.0614. The van der Waals surface area contributed by atoms with Gasteiger partial charge in [0.15, 0.2) is 0 Å². The third kappa shape index (κ3) is 3.48. The second kappa shape index (κ2) is 7.85. The van der Waals surface area contributed by atoms with E-state index in [2.05, 4.69) is 47.6 Å². The molecule has 29 heavy (non-hydrogen) atoms. The summed E-state index contributed by atoms with van der Waals surface area (Å²) in [7, 11) is 0. The fourth-order valence-electron chi connectivity index (χ4n) is 8.73. The Labute approximate surface area is 180 Å². The molecule has 0 aromatic carbocycles. The van der Waals surface area contributed by atoms with Gasteiger partial charge in [0.1, 0.15) is 0 Å². The van der Waals surface area contributed by atoms with Crippen molar-refractivity contribution in [1.29, 1.82) is 0 Å². The Balaban J connectivity index is 1.57. The Hall–Kier alpha value is -0.560. The Bertz CT molecular complexity index is 682. The molecule has 3 fully saturated rings. The van der Waals surface area contributed by atoms with E-state index in [0.717, 1.165) is 30.1 Å². The van der Waals surface area contributed by atoms with Gasteiger partial charge in [-0.3, -0.25) is 0 Å². The molecule has 4 aliphatic rings. The van der Waals surface area contributed by atoms with Crippen molar-refractivity contribution in [1.82, 2.24) is 0 Å². The molecule has 0 saturated heterocycles. The van der Waals surface area contributed by atoms with Crippen molar-refractivity contribution < 1.29 is 5.11 Å². The second-order valence-electron chi connectivity index (χ2n) is 12.1. The fraction of sp³-hybridized carbons (Fsp3) is 0.857. The van der Waals surface area contributed by atoms with Crippen LogP contribution in [0.1, 0.15) is 106 Å². The highest BCUT2D eigenvalue weighted by Crippen LogP contribution is 2.66. The number of aliphatic hydroxyl groups excluding tert-OH is 1. The van der Waals surface area contributed by atoms with E-state index in [-0.39, 0.29) is 6.10 Å². The van der Waals surface area contributed by atoms with Gasteiger partial charge in [0.2, 0.25) is 0 Å². The highest BCUT2D eigenvalue weighted by molar-refractivity contribution is 5.35. The van der Waals surface area contributed by atoms with Crippen LogP contribution in [-0.2, 0) is 0 Å². The van der Waals surface area contributed by atoms with Gasteiger partial charge in [0.05, 0.1) is 6.10 Å². The lowest BCUT2D eigenvalue weighted by molar-refractivity contribution is -0.0779. The number of aliphatic hydroxyl groups is 1. The molecule has 0 aromatic rings. The van der Waals surface area contributed by atoms with Crippen LogP contribution in [0, 0.1) is 40.4 Å². The first kappa shape index (κ1) is 21.7. The maximum Gasteiger partial charge on any atom is 0.0568 e. The molecule has 1 heteroatoms. The van der Waals surface area contributed by atoms with Crippen molar-refractivity contribution in [2.24, 2.45) is 40.4 Å². The van der Waals surface area contributed by atoms with E-state index in [4.69, 9.17) is 0 Å². The Morgan fingerprint density at radius 2 is 1.86 bits per heavy atom. The minimum atomic E-state index is -0.0614. The van der Waals surface area contributed by atoms with Crippen molar-refractivity contribution in [2.45, 2.75) is 112 Å². The molecular weight excluding hydrogens is 352 g/mol. The molecule has 0 aromatic heterocycles. The van der Waals surface area contributed by atoms with Gasteiger partial charge in [-0.05, 0) is 118 Å². The van der Waals surface area contributed by atoms with E-state index in [0.29, 0.717) is 16.7 Å². The topological polar surface area (TPSA) is 20.2 Å². The molecule has 0 aliphatic heterocycles. The average Bonchev–Trinajstić information content (AvgIpc) is 3.02. The summed E-state index contributed by atoms with van der Waals surface area (Å²) in [5.41, 5.74) is 6.19. The molecular formula is C28H46O. The summed E-state index contributed by atoms with van der Waals surface area (Å²) in [5.74, 6) is 3.74. The highest BCUT2D eigenvalue weighted by atomic mass is 16.3. The zero-order valence-electron chi connectivity index (χ0n) is 20.1. The van der Waals surface area contributed by atoms with Crippen LogP contribution in [0.15, 0.2) is 22.8 Å². The molecule has 164 valence electrons. The molecule has 4 aliphatic carbocycles. The predicted molar refractivity (Wildman–Crippen MR) is 124 cm³/mol. The van der Waals surface area contributed by atoms with Crippen LogP contribution in [-0.4, -0.2) is 11.2 Å². The van der Waals surface area contributed by atoms with Crippen molar-refractivity contribution in [3.05, 3.63) is 22.8 Å². The van der Waals surface area contributed by atoms with Gasteiger partial charge in [-0.2, -0.15) is 0 Å². The first-order valence-corrected chi connectivity index (χ1v) is 12.7. The van der Waals surface area contributed by atoms with Gasteiger partial charge in [0, 0.05) is 0 Å². The van der Waals surface area contributed by atoms with Gasteiger partial charge in [0.25, 0.3) is 0 Å². The molecule has 0 bridgehead atoms. The number of fused-ring (bicyclic) bond motifs is 4. The molecule has 1 N–H and O–H groups in total. The lowest BCUT2D eigenvalue weighted by Crippen LogP contribution is -2.51. The summed E-state index contributed by atoms with van der Waals surface area (Å²) < 4.78 is 0. The van der Waals surface area contributed by atoms with Crippen LogP contribution in [0.2, 0.25) is 0 Å². The van der Waals surface area contributed by atoms with Gasteiger partial charge in [-0.15, -0.1) is 0 Å². The lowest BCUT2D eigenvalue weighted by Gasteiger charge is -2.58. The summed E-state index contributed by atoms with van der Waals surface area (Å²) in [4.78, 5) is 0. The number of rotatable bonds is 4. The Morgan fingerprint density at radius 1 is 1.10 bits per heavy atom. The number of hydrogen-bond donors (Lipinski definition) is 1. The monoisotopic (exact) mass is 398 g/mol. The van der Waals surface area contributed by atoms with Crippen molar-refractivity contribution in [3.8, 4) is 0 Å². The summed E-state index contributed by atoms with van der Waals surface area (Å²) in [5, 5.41) is 10.5. The van der Waals surface area contributed by atoms with Crippen LogP contribution in [0.25, 0.3) is 0 Å². The van der Waals surface area contributed by atoms with Gasteiger partial charge in [-0.1, -0.05) is 50.5 Å².